The maximum atomic E-state index is 13.7. The van der Waals surface area contributed by atoms with E-state index in [0.717, 1.165) is 16.5 Å². The van der Waals surface area contributed by atoms with Gasteiger partial charge in [-0.3, -0.25) is 0 Å². The van der Waals surface area contributed by atoms with Crippen LogP contribution in [0, 0.1) is 0 Å². The van der Waals surface area contributed by atoms with E-state index in [0.29, 0.717) is 5.56 Å². The van der Waals surface area contributed by atoms with E-state index in [4.69, 9.17) is 10.5 Å². The molecule has 92 valence electrons. The molecule has 2 aromatic rings. The lowest BCUT2D eigenvalue weighted by Gasteiger charge is -2.10. The minimum absolute atomic E-state index is 0. The van der Waals surface area contributed by atoms with E-state index in [2.05, 4.69) is 0 Å². The Hall–Kier alpha value is -1.32. The van der Waals surface area contributed by atoms with Crippen LogP contribution < -0.4 is 10.5 Å². The van der Waals surface area contributed by atoms with Gasteiger partial charge in [0, 0.05) is 6.54 Å². The van der Waals surface area contributed by atoms with Gasteiger partial charge in [0.15, 0.2) is 0 Å². The normalized spacial score (nSPS) is 11.9. The summed E-state index contributed by atoms with van der Waals surface area (Å²) in [4.78, 5) is 0. The predicted octanol–water partition coefficient (Wildman–Crippen LogP) is 3.24. The summed E-state index contributed by atoms with van der Waals surface area (Å²) >= 11 is 0. The van der Waals surface area contributed by atoms with Crippen LogP contribution in [0.15, 0.2) is 36.4 Å². The number of fused-ring (bicyclic) bond motifs is 1. The van der Waals surface area contributed by atoms with Gasteiger partial charge in [0.1, 0.15) is 11.9 Å². The fourth-order valence-electron chi connectivity index (χ4n) is 1.80. The van der Waals surface area contributed by atoms with Gasteiger partial charge in [0.2, 0.25) is 0 Å². The number of ether oxygens (including phenoxy) is 1. The summed E-state index contributed by atoms with van der Waals surface area (Å²) in [5.74, 6) is 0.726. The SMILES string of the molecule is COc1ccc2cccc(C(F)CN)c2c1.Cl. The zero-order valence-corrected chi connectivity index (χ0v) is 10.3. The Morgan fingerprint density at radius 1 is 1.29 bits per heavy atom. The highest BCUT2D eigenvalue weighted by Gasteiger charge is 2.11. The number of hydrogen-bond donors (Lipinski definition) is 1. The summed E-state index contributed by atoms with van der Waals surface area (Å²) in [5.41, 5.74) is 5.98. The molecule has 1 atom stereocenters. The lowest BCUT2D eigenvalue weighted by molar-refractivity contribution is 0.355. The first-order chi connectivity index (χ1) is 7.76. The van der Waals surface area contributed by atoms with Crippen LogP contribution in [0.2, 0.25) is 0 Å². The number of nitrogens with two attached hydrogens (primary N) is 1. The van der Waals surface area contributed by atoms with Gasteiger partial charge < -0.3 is 10.5 Å². The van der Waals surface area contributed by atoms with Gasteiger partial charge in [-0.15, -0.1) is 12.4 Å². The second-order valence-electron chi connectivity index (χ2n) is 3.64. The second-order valence-corrected chi connectivity index (χ2v) is 3.64. The van der Waals surface area contributed by atoms with Crippen LogP contribution >= 0.6 is 12.4 Å². The number of hydrogen-bond acceptors (Lipinski definition) is 2. The van der Waals surface area contributed by atoms with E-state index in [-0.39, 0.29) is 19.0 Å². The molecular weight excluding hydrogens is 241 g/mol. The van der Waals surface area contributed by atoms with E-state index in [1.54, 1.807) is 13.2 Å². The fourth-order valence-corrected chi connectivity index (χ4v) is 1.80. The van der Waals surface area contributed by atoms with E-state index in [1.165, 1.54) is 0 Å². The number of halogens is 2. The van der Waals surface area contributed by atoms with Crippen molar-refractivity contribution in [2.24, 2.45) is 5.73 Å². The first kappa shape index (κ1) is 13.7. The third-order valence-corrected chi connectivity index (χ3v) is 2.67. The Morgan fingerprint density at radius 2 is 2.06 bits per heavy atom. The summed E-state index contributed by atoms with van der Waals surface area (Å²) in [5, 5.41) is 1.86. The maximum Gasteiger partial charge on any atom is 0.138 e. The molecule has 17 heavy (non-hydrogen) atoms. The van der Waals surface area contributed by atoms with Gasteiger partial charge in [-0.25, -0.2) is 4.39 Å². The second kappa shape index (κ2) is 5.84. The van der Waals surface area contributed by atoms with Crippen LogP contribution in [-0.4, -0.2) is 13.7 Å². The molecule has 0 fully saturated rings. The quantitative estimate of drug-likeness (QED) is 0.914. The largest absolute Gasteiger partial charge is 0.497 e. The lowest BCUT2D eigenvalue weighted by Crippen LogP contribution is -2.07. The predicted molar refractivity (Wildman–Crippen MR) is 70.7 cm³/mol. The Kier molecular flexibility index (Phi) is 4.73. The van der Waals surface area contributed by atoms with E-state index < -0.39 is 6.17 Å². The van der Waals surface area contributed by atoms with Crippen molar-refractivity contribution in [2.75, 3.05) is 13.7 Å². The molecule has 0 bridgehead atoms. The Balaban J connectivity index is 0.00000144. The highest BCUT2D eigenvalue weighted by Crippen LogP contribution is 2.29. The molecule has 2 N–H and O–H groups in total. The van der Waals surface area contributed by atoms with Gasteiger partial charge in [-0.2, -0.15) is 0 Å². The summed E-state index contributed by atoms with van der Waals surface area (Å²) in [7, 11) is 1.60. The molecular formula is C13H15ClFNO. The van der Waals surface area contributed by atoms with Crippen molar-refractivity contribution in [2.45, 2.75) is 6.17 Å². The Morgan fingerprint density at radius 3 is 2.71 bits per heavy atom. The Labute approximate surface area is 106 Å². The van der Waals surface area contributed by atoms with Crippen molar-refractivity contribution in [3.63, 3.8) is 0 Å². The number of methoxy groups -OCH3 is 1. The summed E-state index contributed by atoms with van der Waals surface area (Å²) in [6, 6.07) is 11.2. The molecule has 2 rings (SSSR count). The van der Waals surface area contributed by atoms with Crippen molar-refractivity contribution in [3.8, 4) is 5.75 Å². The molecule has 0 saturated carbocycles. The summed E-state index contributed by atoms with van der Waals surface area (Å²) in [6.07, 6.45) is -1.13. The molecule has 0 spiro atoms. The molecule has 1 unspecified atom stereocenters. The average molecular weight is 256 g/mol. The highest BCUT2D eigenvalue weighted by atomic mass is 35.5. The third kappa shape index (κ3) is 2.68. The van der Waals surface area contributed by atoms with Crippen LogP contribution in [-0.2, 0) is 0 Å². The van der Waals surface area contributed by atoms with Crippen molar-refractivity contribution in [1.29, 1.82) is 0 Å². The average Bonchev–Trinajstić information content (AvgIpc) is 2.36. The number of benzene rings is 2. The molecule has 0 amide bonds. The van der Waals surface area contributed by atoms with E-state index in [1.807, 2.05) is 30.3 Å². The van der Waals surface area contributed by atoms with Gasteiger partial charge in [-0.1, -0.05) is 24.3 Å². The topological polar surface area (TPSA) is 35.2 Å². The van der Waals surface area contributed by atoms with Gasteiger partial charge in [0.05, 0.1) is 7.11 Å². The van der Waals surface area contributed by atoms with Crippen LogP contribution in [0.25, 0.3) is 10.8 Å². The molecule has 2 aromatic carbocycles. The zero-order chi connectivity index (χ0) is 11.5. The molecule has 0 aromatic heterocycles. The lowest BCUT2D eigenvalue weighted by atomic mass is 10.0. The zero-order valence-electron chi connectivity index (χ0n) is 9.52. The van der Waals surface area contributed by atoms with Crippen molar-refractivity contribution in [1.82, 2.24) is 0 Å². The number of alkyl halides is 1. The monoisotopic (exact) mass is 255 g/mol. The van der Waals surface area contributed by atoms with Crippen LogP contribution in [0.4, 0.5) is 4.39 Å². The molecule has 0 aliphatic rings. The molecule has 4 heteroatoms. The molecule has 0 radical (unpaired) electrons. The van der Waals surface area contributed by atoms with Crippen LogP contribution in [0.1, 0.15) is 11.7 Å². The smallest absolute Gasteiger partial charge is 0.138 e. The Bertz CT molecular complexity index is 504. The van der Waals surface area contributed by atoms with Crippen molar-refractivity contribution >= 4 is 23.2 Å². The van der Waals surface area contributed by atoms with Gasteiger partial charge in [-0.05, 0) is 28.5 Å². The molecule has 0 aliphatic heterocycles. The molecule has 0 saturated heterocycles. The molecule has 0 heterocycles. The van der Waals surface area contributed by atoms with Crippen molar-refractivity contribution in [3.05, 3.63) is 42.0 Å². The highest BCUT2D eigenvalue weighted by molar-refractivity contribution is 5.87. The molecule has 0 aliphatic carbocycles. The van der Waals surface area contributed by atoms with Crippen LogP contribution in [0.3, 0.4) is 0 Å². The first-order valence-electron chi connectivity index (χ1n) is 5.17. The third-order valence-electron chi connectivity index (χ3n) is 2.67. The van der Waals surface area contributed by atoms with Gasteiger partial charge in [0.25, 0.3) is 0 Å². The number of rotatable bonds is 3. The first-order valence-corrected chi connectivity index (χ1v) is 5.17. The minimum atomic E-state index is -1.13. The standard InChI is InChI=1S/C13H14FNO.ClH/c1-16-10-6-5-9-3-2-4-11(12(9)7-10)13(14)8-15;/h2-7,13H,8,15H2,1H3;1H. The van der Waals surface area contributed by atoms with Crippen LogP contribution in [0.5, 0.6) is 5.75 Å². The maximum absolute atomic E-state index is 13.7. The summed E-state index contributed by atoms with van der Waals surface area (Å²) in [6.45, 7) is -0.00365. The van der Waals surface area contributed by atoms with E-state index in [9.17, 15) is 4.39 Å². The fraction of sp³-hybridized carbons (Fsp3) is 0.231. The minimum Gasteiger partial charge on any atom is -0.497 e. The summed E-state index contributed by atoms with van der Waals surface area (Å²) < 4.78 is 18.8. The van der Waals surface area contributed by atoms with Crippen molar-refractivity contribution < 1.29 is 9.13 Å². The molecule has 2 nitrogen and oxygen atoms in total. The van der Waals surface area contributed by atoms with E-state index >= 15 is 0 Å². The van der Waals surface area contributed by atoms with Gasteiger partial charge >= 0.3 is 0 Å².